The molecule has 28 heavy (non-hydrogen) atoms. The highest BCUT2D eigenvalue weighted by atomic mass is 16.5. The van der Waals surface area contributed by atoms with Gasteiger partial charge >= 0.3 is 0 Å². The monoisotopic (exact) mass is 380 g/mol. The maximum Gasteiger partial charge on any atom is 0.226 e. The zero-order valence-electron chi connectivity index (χ0n) is 16.2. The van der Waals surface area contributed by atoms with Gasteiger partial charge in [0.15, 0.2) is 0 Å². The smallest absolute Gasteiger partial charge is 0.226 e. The molecule has 148 valence electrons. The zero-order chi connectivity index (χ0) is 19.2. The summed E-state index contributed by atoms with van der Waals surface area (Å²) in [7, 11) is 0. The molecule has 2 aromatic rings. The number of benzene rings is 1. The molecule has 2 aliphatic heterocycles. The first-order chi connectivity index (χ1) is 13.8. The van der Waals surface area contributed by atoms with E-state index in [0.717, 1.165) is 49.8 Å². The van der Waals surface area contributed by atoms with Gasteiger partial charge in [0.05, 0.1) is 11.5 Å². The lowest BCUT2D eigenvalue weighted by Crippen LogP contribution is -2.47. The molecule has 0 bridgehead atoms. The van der Waals surface area contributed by atoms with Crippen LogP contribution in [-0.4, -0.2) is 43.4 Å². The second kappa shape index (κ2) is 8.84. The first-order valence-corrected chi connectivity index (χ1v) is 10.2. The number of nitrogens with one attached hydrogen (secondary N) is 1. The van der Waals surface area contributed by atoms with Gasteiger partial charge in [0.25, 0.3) is 0 Å². The van der Waals surface area contributed by atoms with Gasteiger partial charge in [-0.3, -0.25) is 9.78 Å². The van der Waals surface area contributed by atoms with Crippen molar-refractivity contribution < 1.29 is 14.3 Å². The van der Waals surface area contributed by atoms with Crippen LogP contribution in [0.25, 0.3) is 11.1 Å². The van der Waals surface area contributed by atoms with Crippen LogP contribution in [0.5, 0.6) is 0 Å². The Bertz CT molecular complexity index is 781. The van der Waals surface area contributed by atoms with Crippen LogP contribution in [0.15, 0.2) is 48.8 Å². The highest BCUT2D eigenvalue weighted by Gasteiger charge is 2.40. The molecule has 1 amide bonds. The van der Waals surface area contributed by atoms with E-state index in [1.807, 2.05) is 12.1 Å². The molecule has 0 radical (unpaired) electrons. The first kappa shape index (κ1) is 19.1. The number of hydrogen-bond acceptors (Lipinski definition) is 4. The minimum absolute atomic E-state index is 0.139. The Morgan fingerprint density at radius 2 is 1.93 bits per heavy atom. The molecule has 0 spiro atoms. The average molecular weight is 380 g/mol. The van der Waals surface area contributed by atoms with Gasteiger partial charge in [-0.1, -0.05) is 24.3 Å². The minimum atomic E-state index is -0.409. The van der Waals surface area contributed by atoms with E-state index in [2.05, 4.69) is 34.6 Å². The molecule has 5 heteroatoms. The van der Waals surface area contributed by atoms with E-state index in [1.54, 1.807) is 12.4 Å². The van der Waals surface area contributed by atoms with Gasteiger partial charge < -0.3 is 14.8 Å². The van der Waals surface area contributed by atoms with Crippen LogP contribution in [-0.2, 0) is 20.7 Å². The third-order valence-corrected chi connectivity index (χ3v) is 5.93. The second-order valence-corrected chi connectivity index (χ2v) is 7.85. The van der Waals surface area contributed by atoms with Gasteiger partial charge in [-0.05, 0) is 60.9 Å². The van der Waals surface area contributed by atoms with Gasteiger partial charge in [0.1, 0.15) is 0 Å². The number of aromatic nitrogens is 1. The molecule has 4 rings (SSSR count). The Morgan fingerprint density at radius 3 is 2.68 bits per heavy atom. The van der Waals surface area contributed by atoms with Crippen LogP contribution in [0, 0.1) is 5.41 Å². The zero-order valence-corrected chi connectivity index (χ0v) is 16.2. The summed E-state index contributed by atoms with van der Waals surface area (Å²) < 4.78 is 11.2. The summed E-state index contributed by atoms with van der Waals surface area (Å²) in [6.45, 7) is 2.69. The van der Waals surface area contributed by atoms with Crippen LogP contribution < -0.4 is 5.32 Å². The van der Waals surface area contributed by atoms with E-state index in [4.69, 9.17) is 9.47 Å². The number of amides is 1. The lowest BCUT2D eigenvalue weighted by Gasteiger charge is -2.36. The molecule has 1 aromatic carbocycles. The summed E-state index contributed by atoms with van der Waals surface area (Å²) in [5.41, 5.74) is 3.07. The van der Waals surface area contributed by atoms with Crippen LogP contribution >= 0.6 is 0 Å². The van der Waals surface area contributed by atoms with Crippen molar-refractivity contribution in [3.8, 4) is 11.1 Å². The van der Waals surface area contributed by atoms with E-state index in [0.29, 0.717) is 19.8 Å². The summed E-state index contributed by atoms with van der Waals surface area (Å²) in [5.74, 6) is 0.139. The van der Waals surface area contributed by atoms with Crippen LogP contribution in [0.4, 0.5) is 0 Å². The molecular weight excluding hydrogens is 352 g/mol. The van der Waals surface area contributed by atoms with E-state index in [-0.39, 0.29) is 12.0 Å². The number of nitrogens with zero attached hydrogens (tertiary/aromatic N) is 1. The Labute approximate surface area is 166 Å². The summed E-state index contributed by atoms with van der Waals surface area (Å²) >= 11 is 0. The van der Waals surface area contributed by atoms with E-state index in [9.17, 15) is 4.79 Å². The Morgan fingerprint density at radius 1 is 1.11 bits per heavy atom. The maximum atomic E-state index is 13.2. The Kier molecular flexibility index (Phi) is 6.03. The van der Waals surface area contributed by atoms with E-state index >= 15 is 0 Å². The number of carbonyl (C=O) groups is 1. The quantitative estimate of drug-likeness (QED) is 0.835. The van der Waals surface area contributed by atoms with Gasteiger partial charge in [-0.15, -0.1) is 0 Å². The van der Waals surface area contributed by atoms with Crippen molar-refractivity contribution in [1.29, 1.82) is 0 Å². The van der Waals surface area contributed by atoms with E-state index < -0.39 is 5.41 Å². The van der Waals surface area contributed by atoms with Crippen molar-refractivity contribution >= 4 is 5.91 Å². The predicted octanol–water partition coefficient (Wildman–Crippen LogP) is 3.38. The van der Waals surface area contributed by atoms with Crippen LogP contribution in [0.1, 0.15) is 31.2 Å². The fourth-order valence-corrected chi connectivity index (χ4v) is 4.24. The fourth-order valence-electron chi connectivity index (χ4n) is 4.24. The Balaban J connectivity index is 1.50. The third-order valence-electron chi connectivity index (χ3n) is 5.93. The van der Waals surface area contributed by atoms with Crippen molar-refractivity contribution in [2.75, 3.05) is 26.4 Å². The molecule has 1 unspecified atom stereocenters. The van der Waals surface area contributed by atoms with Crippen LogP contribution in [0.2, 0.25) is 0 Å². The summed E-state index contributed by atoms with van der Waals surface area (Å²) in [5, 5.41) is 3.17. The van der Waals surface area contributed by atoms with Crippen molar-refractivity contribution in [2.45, 2.75) is 38.2 Å². The molecule has 1 aromatic heterocycles. The molecular formula is C23H28N2O3. The molecule has 3 heterocycles. The Hall–Kier alpha value is -2.24. The summed E-state index contributed by atoms with van der Waals surface area (Å²) in [6, 6.07) is 12.5. The normalized spacial score (nSPS) is 21.4. The first-order valence-electron chi connectivity index (χ1n) is 10.2. The van der Waals surface area contributed by atoms with Crippen molar-refractivity contribution in [3.63, 3.8) is 0 Å². The van der Waals surface area contributed by atoms with E-state index in [1.165, 1.54) is 5.56 Å². The molecule has 1 N–H and O–H groups in total. The van der Waals surface area contributed by atoms with Crippen molar-refractivity contribution in [3.05, 3.63) is 54.4 Å². The molecule has 5 nitrogen and oxygen atoms in total. The largest absolute Gasteiger partial charge is 0.381 e. The van der Waals surface area contributed by atoms with Crippen molar-refractivity contribution in [2.24, 2.45) is 5.41 Å². The third kappa shape index (κ3) is 4.42. The molecule has 2 saturated heterocycles. The molecule has 1 atom stereocenters. The highest BCUT2D eigenvalue weighted by molar-refractivity contribution is 5.83. The standard InChI is InChI=1S/C23H28N2O3/c26-22(25-17-21-5-2-12-28-21)23(8-13-27-14-9-23)16-18-3-1-4-20(15-18)19-6-10-24-11-7-19/h1,3-4,6-7,10-11,15,21H,2,5,8-9,12-14,16-17H2,(H,25,26). The maximum absolute atomic E-state index is 13.2. The summed E-state index contributed by atoms with van der Waals surface area (Å²) in [6.07, 6.45) is 8.13. The average Bonchev–Trinajstić information content (AvgIpc) is 3.27. The second-order valence-electron chi connectivity index (χ2n) is 7.85. The number of ether oxygens (including phenoxy) is 2. The topological polar surface area (TPSA) is 60.5 Å². The lowest BCUT2D eigenvalue weighted by atomic mass is 9.74. The van der Waals surface area contributed by atoms with Gasteiger partial charge in [0.2, 0.25) is 5.91 Å². The minimum Gasteiger partial charge on any atom is -0.381 e. The molecule has 0 saturated carbocycles. The number of hydrogen-bond donors (Lipinski definition) is 1. The van der Waals surface area contributed by atoms with Gasteiger partial charge in [-0.2, -0.15) is 0 Å². The summed E-state index contributed by atoms with van der Waals surface area (Å²) in [4.78, 5) is 17.3. The predicted molar refractivity (Wildman–Crippen MR) is 108 cm³/mol. The van der Waals surface area contributed by atoms with Gasteiger partial charge in [0, 0.05) is 38.8 Å². The fraction of sp³-hybridized carbons (Fsp3) is 0.478. The number of rotatable bonds is 6. The van der Waals surface area contributed by atoms with Crippen LogP contribution in [0.3, 0.4) is 0 Å². The molecule has 0 aliphatic carbocycles. The lowest BCUT2D eigenvalue weighted by molar-refractivity contribution is -0.137. The van der Waals surface area contributed by atoms with Crippen molar-refractivity contribution in [1.82, 2.24) is 10.3 Å². The molecule has 2 aliphatic rings. The highest BCUT2D eigenvalue weighted by Crippen LogP contribution is 2.35. The number of pyridine rings is 1. The molecule has 2 fully saturated rings. The van der Waals surface area contributed by atoms with Gasteiger partial charge in [-0.25, -0.2) is 0 Å². The number of carbonyl (C=O) groups excluding carboxylic acids is 1. The SMILES string of the molecule is O=C(NCC1CCCO1)C1(Cc2cccc(-c3ccncc3)c2)CCOCC1.